The molecule has 2 N–H and O–H groups in total. The normalized spacial score (nSPS) is 10.3. The summed E-state index contributed by atoms with van der Waals surface area (Å²) in [6.07, 6.45) is 0. The molecule has 0 spiro atoms. The van der Waals surface area contributed by atoms with Crippen LogP contribution in [0.4, 0.5) is 5.69 Å². The predicted octanol–water partition coefficient (Wildman–Crippen LogP) is 4.33. The van der Waals surface area contributed by atoms with Crippen LogP contribution in [0.2, 0.25) is 10.0 Å². The molecule has 4 nitrogen and oxygen atoms in total. The van der Waals surface area contributed by atoms with E-state index >= 15 is 0 Å². The summed E-state index contributed by atoms with van der Waals surface area (Å²) in [4.78, 5) is 0. The van der Waals surface area contributed by atoms with E-state index in [-0.39, 0.29) is 5.75 Å². The van der Waals surface area contributed by atoms with E-state index in [0.717, 1.165) is 0 Å². The lowest BCUT2D eigenvalue weighted by molar-refractivity contribution is 0.395. The fourth-order valence-electron chi connectivity index (χ4n) is 1.88. The molecule has 0 aromatic heterocycles. The van der Waals surface area contributed by atoms with Gasteiger partial charge in [0.05, 0.1) is 24.9 Å². The van der Waals surface area contributed by atoms with E-state index in [2.05, 4.69) is 5.32 Å². The van der Waals surface area contributed by atoms with E-state index in [4.69, 9.17) is 32.7 Å². The van der Waals surface area contributed by atoms with Crippen LogP contribution < -0.4 is 14.8 Å². The molecule has 2 rings (SSSR count). The van der Waals surface area contributed by atoms with Gasteiger partial charge in [-0.25, -0.2) is 0 Å². The lowest BCUT2D eigenvalue weighted by Crippen LogP contribution is -2.02. The lowest BCUT2D eigenvalue weighted by Gasteiger charge is -2.14. The van der Waals surface area contributed by atoms with E-state index < -0.39 is 0 Å². The maximum Gasteiger partial charge on any atom is 0.145 e. The number of rotatable bonds is 5. The summed E-state index contributed by atoms with van der Waals surface area (Å²) in [6, 6.07) is 8.29. The van der Waals surface area contributed by atoms with Crippen LogP contribution in [-0.4, -0.2) is 19.3 Å². The van der Waals surface area contributed by atoms with Gasteiger partial charge in [0.15, 0.2) is 0 Å². The Hall–Kier alpha value is -1.78. The Morgan fingerprint density at radius 1 is 1.05 bits per heavy atom. The Morgan fingerprint density at radius 2 is 1.76 bits per heavy atom. The number of halogens is 2. The predicted molar refractivity (Wildman–Crippen MR) is 85.0 cm³/mol. The molecule has 0 aliphatic rings. The monoisotopic (exact) mass is 327 g/mol. The maximum absolute atomic E-state index is 9.80. The largest absolute Gasteiger partial charge is 0.508 e. The van der Waals surface area contributed by atoms with Crippen LogP contribution in [-0.2, 0) is 6.54 Å². The number of phenolic OH excluding ortho intramolecular Hbond substituents is 1. The molecule has 6 heteroatoms. The van der Waals surface area contributed by atoms with Crippen LogP contribution in [0.15, 0.2) is 30.3 Å². The smallest absolute Gasteiger partial charge is 0.145 e. The molecule has 21 heavy (non-hydrogen) atoms. The molecule has 0 radical (unpaired) electrons. The third kappa shape index (κ3) is 3.65. The zero-order valence-electron chi connectivity index (χ0n) is 11.6. The Kier molecular flexibility index (Phi) is 5.04. The van der Waals surface area contributed by atoms with Crippen molar-refractivity contribution in [1.29, 1.82) is 0 Å². The minimum atomic E-state index is 0.172. The number of hydrogen-bond acceptors (Lipinski definition) is 4. The summed E-state index contributed by atoms with van der Waals surface area (Å²) in [5.74, 6) is 1.30. The van der Waals surface area contributed by atoms with Gasteiger partial charge in [0.2, 0.25) is 0 Å². The molecule has 0 fully saturated rings. The van der Waals surface area contributed by atoms with Crippen molar-refractivity contribution in [3.05, 3.63) is 45.9 Å². The molecule has 0 atom stereocenters. The van der Waals surface area contributed by atoms with Crippen molar-refractivity contribution in [2.45, 2.75) is 6.54 Å². The molecule has 0 heterocycles. The quantitative estimate of drug-likeness (QED) is 0.858. The fraction of sp³-hybridized carbons (Fsp3) is 0.200. The molecule has 0 bridgehead atoms. The lowest BCUT2D eigenvalue weighted by atomic mass is 10.2. The van der Waals surface area contributed by atoms with E-state index in [1.165, 1.54) is 7.11 Å². The van der Waals surface area contributed by atoms with Crippen LogP contribution in [0.25, 0.3) is 0 Å². The van der Waals surface area contributed by atoms with Gasteiger partial charge in [-0.1, -0.05) is 23.2 Å². The minimum absolute atomic E-state index is 0.172. The molecular weight excluding hydrogens is 313 g/mol. The van der Waals surface area contributed by atoms with Crippen LogP contribution in [0, 0.1) is 0 Å². The van der Waals surface area contributed by atoms with Crippen LogP contribution in [0.5, 0.6) is 17.2 Å². The Morgan fingerprint density at radius 3 is 2.43 bits per heavy atom. The first-order chi connectivity index (χ1) is 10.0. The van der Waals surface area contributed by atoms with Crippen LogP contribution >= 0.6 is 23.2 Å². The topological polar surface area (TPSA) is 50.7 Å². The molecule has 0 amide bonds. The van der Waals surface area contributed by atoms with Crippen LogP contribution in [0.3, 0.4) is 0 Å². The molecule has 2 aromatic rings. The van der Waals surface area contributed by atoms with Crippen molar-refractivity contribution in [2.24, 2.45) is 0 Å². The summed E-state index contributed by atoms with van der Waals surface area (Å²) in [5, 5.41) is 14.0. The molecule has 0 aliphatic carbocycles. The number of ether oxygens (including phenoxy) is 2. The molecule has 0 aliphatic heterocycles. The van der Waals surface area contributed by atoms with Crippen molar-refractivity contribution < 1.29 is 14.6 Å². The molecular formula is C15H15Cl2NO3. The standard InChI is InChI=1S/C15H15Cl2NO3/c1-20-14-7-15(21-2)12(6-11(14)17)18-8-9-5-10(16)3-4-13(9)19/h3-7,18-19H,8H2,1-2H3. The molecule has 112 valence electrons. The number of anilines is 1. The van der Waals surface area contributed by atoms with Crippen molar-refractivity contribution in [2.75, 3.05) is 19.5 Å². The average Bonchev–Trinajstić information content (AvgIpc) is 2.48. The highest BCUT2D eigenvalue weighted by molar-refractivity contribution is 6.32. The Balaban J connectivity index is 2.23. The molecule has 0 saturated carbocycles. The van der Waals surface area contributed by atoms with Gasteiger partial charge >= 0.3 is 0 Å². The van der Waals surface area contributed by atoms with E-state index in [0.29, 0.717) is 39.3 Å². The minimum Gasteiger partial charge on any atom is -0.508 e. The number of methoxy groups -OCH3 is 2. The molecule has 0 unspecified atom stereocenters. The number of aromatic hydroxyl groups is 1. The molecule has 2 aromatic carbocycles. The summed E-state index contributed by atoms with van der Waals surface area (Å²) >= 11 is 12.0. The third-order valence-corrected chi connectivity index (χ3v) is 3.52. The zero-order chi connectivity index (χ0) is 15.4. The highest BCUT2D eigenvalue weighted by atomic mass is 35.5. The van der Waals surface area contributed by atoms with Gasteiger partial charge in [-0.3, -0.25) is 0 Å². The third-order valence-electron chi connectivity index (χ3n) is 2.98. The van der Waals surface area contributed by atoms with Crippen molar-refractivity contribution >= 4 is 28.9 Å². The van der Waals surface area contributed by atoms with Gasteiger partial charge in [0, 0.05) is 23.2 Å². The number of nitrogens with one attached hydrogen (secondary N) is 1. The second-order valence-corrected chi connectivity index (χ2v) is 5.16. The van der Waals surface area contributed by atoms with Gasteiger partial charge in [0.25, 0.3) is 0 Å². The first-order valence-corrected chi connectivity index (χ1v) is 6.93. The summed E-state index contributed by atoms with van der Waals surface area (Å²) in [7, 11) is 3.10. The van der Waals surface area contributed by atoms with Gasteiger partial charge in [-0.15, -0.1) is 0 Å². The average molecular weight is 328 g/mol. The van der Waals surface area contributed by atoms with Gasteiger partial charge < -0.3 is 19.9 Å². The number of benzene rings is 2. The van der Waals surface area contributed by atoms with E-state index in [9.17, 15) is 5.11 Å². The van der Waals surface area contributed by atoms with E-state index in [1.807, 2.05) is 0 Å². The Labute approximate surface area is 133 Å². The number of phenols is 1. The first-order valence-electron chi connectivity index (χ1n) is 6.18. The maximum atomic E-state index is 9.80. The van der Waals surface area contributed by atoms with Crippen molar-refractivity contribution in [1.82, 2.24) is 0 Å². The van der Waals surface area contributed by atoms with Gasteiger partial charge in [-0.05, 0) is 24.3 Å². The first kappa shape index (κ1) is 15.6. The van der Waals surface area contributed by atoms with Gasteiger partial charge in [0.1, 0.15) is 17.2 Å². The highest BCUT2D eigenvalue weighted by Gasteiger charge is 2.10. The van der Waals surface area contributed by atoms with Crippen molar-refractivity contribution in [3.8, 4) is 17.2 Å². The highest BCUT2D eigenvalue weighted by Crippen LogP contribution is 2.36. The van der Waals surface area contributed by atoms with Gasteiger partial charge in [-0.2, -0.15) is 0 Å². The SMILES string of the molecule is COc1cc(OC)c(NCc2cc(Cl)ccc2O)cc1Cl. The number of hydrogen-bond donors (Lipinski definition) is 2. The second-order valence-electron chi connectivity index (χ2n) is 4.31. The van der Waals surface area contributed by atoms with E-state index in [1.54, 1.807) is 37.4 Å². The zero-order valence-corrected chi connectivity index (χ0v) is 13.1. The van der Waals surface area contributed by atoms with Crippen LogP contribution in [0.1, 0.15) is 5.56 Å². The van der Waals surface area contributed by atoms with Crippen molar-refractivity contribution in [3.63, 3.8) is 0 Å². The summed E-state index contributed by atoms with van der Waals surface area (Å²) in [5.41, 5.74) is 1.37. The molecule has 0 saturated heterocycles. The second kappa shape index (κ2) is 6.78. The fourth-order valence-corrected chi connectivity index (χ4v) is 2.32. The summed E-state index contributed by atoms with van der Waals surface area (Å²) < 4.78 is 10.4. The Bertz CT molecular complexity index is 647. The summed E-state index contributed by atoms with van der Waals surface area (Å²) in [6.45, 7) is 0.380.